The van der Waals surface area contributed by atoms with Gasteiger partial charge in [-0.2, -0.15) is 0 Å². The van der Waals surface area contributed by atoms with E-state index in [1.54, 1.807) is 23.1 Å². The Morgan fingerprint density at radius 2 is 1.84 bits per heavy atom. The third kappa shape index (κ3) is 4.94. The van der Waals surface area contributed by atoms with Crippen molar-refractivity contribution < 1.29 is 19.1 Å². The van der Waals surface area contributed by atoms with E-state index in [0.717, 1.165) is 11.1 Å². The number of nitrogens with one attached hydrogen (secondary N) is 1. The number of carbonyl (C=O) groups is 2. The zero-order valence-electron chi connectivity index (χ0n) is 17.4. The lowest BCUT2D eigenvalue weighted by Gasteiger charge is -2.38. The summed E-state index contributed by atoms with van der Waals surface area (Å²) in [6, 6.07) is 13.6. The Morgan fingerprint density at radius 3 is 2.55 bits per heavy atom. The van der Waals surface area contributed by atoms with Crippen molar-refractivity contribution in [3.63, 3.8) is 0 Å². The third-order valence-corrected chi connectivity index (χ3v) is 6.20. The van der Waals surface area contributed by atoms with E-state index in [1.807, 2.05) is 24.3 Å². The zero-order valence-corrected chi connectivity index (χ0v) is 17.4. The van der Waals surface area contributed by atoms with Gasteiger partial charge in [0.15, 0.2) is 0 Å². The van der Waals surface area contributed by atoms with Crippen molar-refractivity contribution in [3.05, 3.63) is 71.0 Å². The summed E-state index contributed by atoms with van der Waals surface area (Å²) in [4.78, 5) is 27.1. The lowest BCUT2D eigenvalue weighted by atomic mass is 9.93. The normalized spacial score (nSPS) is 20.0. The van der Waals surface area contributed by atoms with Crippen LogP contribution in [0.25, 0.3) is 0 Å². The molecule has 0 aromatic heterocycles. The fourth-order valence-corrected chi connectivity index (χ4v) is 4.14. The number of hydrogen-bond donors (Lipinski definition) is 3. The van der Waals surface area contributed by atoms with Crippen LogP contribution in [0.4, 0.5) is 4.39 Å². The maximum absolute atomic E-state index is 13.9. The van der Waals surface area contributed by atoms with Crippen molar-refractivity contribution in [2.75, 3.05) is 6.54 Å². The Bertz CT molecular complexity index is 976. The van der Waals surface area contributed by atoms with Crippen molar-refractivity contribution in [3.8, 4) is 0 Å². The Morgan fingerprint density at radius 1 is 1.16 bits per heavy atom. The Labute approximate surface area is 181 Å². The molecule has 7 heteroatoms. The van der Waals surface area contributed by atoms with Crippen LogP contribution in [-0.2, 0) is 29.0 Å². The monoisotopic (exact) mass is 425 g/mol. The van der Waals surface area contributed by atoms with E-state index >= 15 is 0 Å². The molecule has 2 unspecified atom stereocenters. The van der Waals surface area contributed by atoms with Gasteiger partial charge in [0.1, 0.15) is 11.4 Å². The zero-order chi connectivity index (χ0) is 22.0. The Hall–Kier alpha value is -2.77. The minimum absolute atomic E-state index is 0.0882. The van der Waals surface area contributed by atoms with Gasteiger partial charge in [-0.05, 0) is 48.4 Å². The molecule has 0 radical (unpaired) electrons. The largest absolute Gasteiger partial charge is 0.380 e. The van der Waals surface area contributed by atoms with E-state index in [2.05, 4.69) is 5.32 Å². The van der Waals surface area contributed by atoms with Gasteiger partial charge in [0.05, 0.1) is 6.04 Å². The van der Waals surface area contributed by atoms with Crippen LogP contribution in [-0.4, -0.2) is 46.1 Å². The standard InChI is InChI=1S/C24H28FN3O3/c25-21-8-4-3-6-17(21)11-19(26)13-22(29)28-15-18-7-2-1-5-16(18)12-20(28)14-27-23(30)24(31)9-10-24/h1-8,19-20,31H,9-15,26H2,(H,27,30). The van der Waals surface area contributed by atoms with E-state index < -0.39 is 11.6 Å². The second-order valence-corrected chi connectivity index (χ2v) is 8.65. The number of rotatable bonds is 7. The molecule has 4 N–H and O–H groups in total. The Kier molecular flexibility index (Phi) is 6.07. The first kappa shape index (κ1) is 21.5. The third-order valence-electron chi connectivity index (χ3n) is 6.20. The summed E-state index contributed by atoms with van der Waals surface area (Å²) in [5, 5.41) is 12.8. The number of nitrogens with zero attached hydrogens (tertiary/aromatic N) is 1. The second kappa shape index (κ2) is 8.77. The van der Waals surface area contributed by atoms with Gasteiger partial charge in [-0.25, -0.2) is 4.39 Å². The van der Waals surface area contributed by atoms with E-state index in [9.17, 15) is 19.1 Å². The van der Waals surface area contributed by atoms with Crippen molar-refractivity contribution in [1.82, 2.24) is 10.2 Å². The van der Waals surface area contributed by atoms with Gasteiger partial charge in [-0.1, -0.05) is 42.5 Å². The highest BCUT2D eigenvalue weighted by molar-refractivity contribution is 5.87. The summed E-state index contributed by atoms with van der Waals surface area (Å²) >= 11 is 0. The maximum atomic E-state index is 13.9. The molecule has 1 aliphatic heterocycles. The van der Waals surface area contributed by atoms with Gasteiger partial charge in [0.2, 0.25) is 5.91 Å². The molecular formula is C24H28FN3O3. The fraction of sp³-hybridized carbons (Fsp3) is 0.417. The molecule has 2 aromatic carbocycles. The summed E-state index contributed by atoms with van der Waals surface area (Å²) in [5.74, 6) is -0.825. The van der Waals surface area contributed by atoms with Gasteiger partial charge < -0.3 is 21.1 Å². The number of hydrogen-bond acceptors (Lipinski definition) is 4. The van der Waals surface area contributed by atoms with Crippen molar-refractivity contribution in [1.29, 1.82) is 0 Å². The highest BCUT2D eigenvalue weighted by atomic mass is 19.1. The van der Waals surface area contributed by atoms with Crippen molar-refractivity contribution >= 4 is 11.8 Å². The van der Waals surface area contributed by atoms with Crippen molar-refractivity contribution in [2.24, 2.45) is 5.73 Å². The molecule has 2 amide bonds. The van der Waals surface area contributed by atoms with Crippen LogP contribution >= 0.6 is 0 Å². The van der Waals surface area contributed by atoms with E-state index in [1.165, 1.54) is 6.07 Å². The molecule has 164 valence electrons. The molecule has 1 heterocycles. The predicted octanol–water partition coefficient (Wildman–Crippen LogP) is 1.68. The summed E-state index contributed by atoms with van der Waals surface area (Å²) in [7, 11) is 0. The first-order chi connectivity index (χ1) is 14.9. The van der Waals surface area contributed by atoms with Crippen molar-refractivity contribution in [2.45, 2.75) is 56.3 Å². The SMILES string of the molecule is NC(CC(=O)N1Cc2ccccc2CC1CNC(=O)C1(O)CC1)Cc1ccccc1F. The van der Waals surface area contributed by atoms with Gasteiger partial charge >= 0.3 is 0 Å². The summed E-state index contributed by atoms with van der Waals surface area (Å²) in [5.41, 5.74) is 7.66. The molecule has 2 aliphatic rings. The summed E-state index contributed by atoms with van der Waals surface area (Å²) in [6.07, 6.45) is 1.92. The molecule has 4 rings (SSSR count). The molecule has 0 bridgehead atoms. The molecular weight excluding hydrogens is 397 g/mol. The molecule has 2 atom stereocenters. The van der Waals surface area contributed by atoms with E-state index in [-0.39, 0.29) is 43.1 Å². The maximum Gasteiger partial charge on any atom is 0.252 e. The van der Waals surface area contributed by atoms with Crippen LogP contribution < -0.4 is 11.1 Å². The minimum atomic E-state index is -1.25. The highest BCUT2D eigenvalue weighted by Crippen LogP contribution is 2.35. The first-order valence-corrected chi connectivity index (χ1v) is 10.7. The quantitative estimate of drug-likeness (QED) is 0.629. The molecule has 6 nitrogen and oxygen atoms in total. The lowest BCUT2D eigenvalue weighted by Crippen LogP contribution is -2.52. The Balaban J connectivity index is 1.44. The van der Waals surface area contributed by atoms with Gasteiger partial charge in [0.25, 0.3) is 5.91 Å². The van der Waals surface area contributed by atoms with Gasteiger partial charge in [0, 0.05) is 25.6 Å². The number of fused-ring (bicyclic) bond motifs is 1. The fourth-order valence-electron chi connectivity index (χ4n) is 4.14. The van der Waals surface area contributed by atoms with Gasteiger partial charge in [-0.3, -0.25) is 9.59 Å². The topological polar surface area (TPSA) is 95.7 Å². The van der Waals surface area contributed by atoms with Crippen LogP contribution in [0, 0.1) is 5.82 Å². The van der Waals surface area contributed by atoms with Crippen LogP contribution in [0.15, 0.2) is 48.5 Å². The van der Waals surface area contributed by atoms with Crippen LogP contribution in [0.5, 0.6) is 0 Å². The van der Waals surface area contributed by atoms with Crippen LogP contribution in [0.2, 0.25) is 0 Å². The van der Waals surface area contributed by atoms with E-state index in [0.29, 0.717) is 31.4 Å². The summed E-state index contributed by atoms with van der Waals surface area (Å²) < 4.78 is 13.9. The number of benzene rings is 2. The lowest BCUT2D eigenvalue weighted by molar-refractivity contribution is -0.137. The number of nitrogens with two attached hydrogens (primary N) is 1. The average molecular weight is 426 g/mol. The molecule has 1 aliphatic carbocycles. The molecule has 1 saturated carbocycles. The molecule has 31 heavy (non-hydrogen) atoms. The minimum Gasteiger partial charge on any atom is -0.380 e. The highest BCUT2D eigenvalue weighted by Gasteiger charge is 2.48. The number of aliphatic hydroxyl groups is 1. The summed E-state index contributed by atoms with van der Waals surface area (Å²) in [6.45, 7) is 0.704. The second-order valence-electron chi connectivity index (χ2n) is 8.65. The average Bonchev–Trinajstić information content (AvgIpc) is 3.51. The molecule has 2 aromatic rings. The van der Waals surface area contributed by atoms with Crippen LogP contribution in [0.3, 0.4) is 0 Å². The number of halogens is 1. The van der Waals surface area contributed by atoms with E-state index in [4.69, 9.17) is 5.73 Å². The number of amides is 2. The van der Waals surface area contributed by atoms with Crippen LogP contribution in [0.1, 0.15) is 36.0 Å². The smallest absolute Gasteiger partial charge is 0.252 e. The predicted molar refractivity (Wildman–Crippen MR) is 114 cm³/mol. The molecule has 0 spiro atoms. The molecule has 0 saturated heterocycles. The van der Waals surface area contributed by atoms with Gasteiger partial charge in [-0.15, -0.1) is 0 Å². The molecule has 1 fully saturated rings. The number of carbonyl (C=O) groups excluding carboxylic acids is 2. The first-order valence-electron chi connectivity index (χ1n) is 10.7.